The van der Waals surface area contributed by atoms with Gasteiger partial charge in [-0.25, -0.2) is 0 Å². The quantitative estimate of drug-likeness (QED) is 0.318. The molecule has 0 unspecified atom stereocenters. The summed E-state index contributed by atoms with van der Waals surface area (Å²) in [5, 5.41) is 4.51. The number of ether oxygens (including phenoxy) is 2. The highest BCUT2D eigenvalue weighted by atomic mass is 35.5. The molecule has 0 saturated heterocycles. The van der Waals surface area contributed by atoms with Gasteiger partial charge in [-0.1, -0.05) is 34.8 Å². The van der Waals surface area contributed by atoms with Gasteiger partial charge in [-0.3, -0.25) is 5.43 Å². The molecule has 0 atom stereocenters. The number of nitrogens with one attached hydrogen (secondary N) is 1. The van der Waals surface area contributed by atoms with Crippen LogP contribution in [0, 0.1) is 0 Å². The molecule has 26 heavy (non-hydrogen) atoms. The minimum atomic E-state index is -3.17. The molecule has 140 valence electrons. The van der Waals surface area contributed by atoms with Crippen molar-refractivity contribution in [2.45, 2.75) is 13.2 Å². The molecule has 0 fully saturated rings. The first kappa shape index (κ1) is 20.4. The zero-order chi connectivity index (χ0) is 19.3. The number of benzene rings is 2. The highest BCUT2D eigenvalue weighted by Crippen LogP contribution is 2.33. The number of hydrogen-bond donors (Lipinski definition) is 1. The molecule has 2 aromatic rings. The lowest BCUT2D eigenvalue weighted by Gasteiger charge is -2.11. The van der Waals surface area contributed by atoms with E-state index >= 15 is 0 Å². The number of anilines is 1. The Morgan fingerprint density at radius 2 is 1.54 bits per heavy atom. The van der Waals surface area contributed by atoms with Crippen molar-refractivity contribution < 1.29 is 27.0 Å². The second-order valence-electron chi connectivity index (χ2n) is 4.57. The Kier molecular flexibility index (Phi) is 7.19. The number of nitrogens with zero attached hydrogens (tertiary/aromatic N) is 1. The van der Waals surface area contributed by atoms with Crippen LogP contribution in [0.5, 0.6) is 11.5 Å². The van der Waals surface area contributed by atoms with E-state index in [1.807, 2.05) is 0 Å². The summed E-state index contributed by atoms with van der Waals surface area (Å²) in [7, 11) is 0. The van der Waals surface area contributed by atoms with Crippen LogP contribution in [0.25, 0.3) is 0 Å². The fourth-order valence-corrected chi connectivity index (χ4v) is 2.71. The van der Waals surface area contributed by atoms with Gasteiger partial charge in [0.1, 0.15) is 11.5 Å². The SMILES string of the molecule is FC(F)Oc1ccc(/C=N\Nc2c(Cl)cc(Cl)cc2Cl)c(OC(F)F)c1. The van der Waals surface area contributed by atoms with Crippen molar-refractivity contribution in [1.29, 1.82) is 0 Å². The van der Waals surface area contributed by atoms with Crippen molar-refractivity contribution in [3.63, 3.8) is 0 Å². The van der Waals surface area contributed by atoms with Gasteiger partial charge in [0.2, 0.25) is 0 Å². The highest BCUT2D eigenvalue weighted by molar-refractivity contribution is 6.41. The maximum atomic E-state index is 12.5. The number of hydrogen-bond acceptors (Lipinski definition) is 4. The summed E-state index contributed by atoms with van der Waals surface area (Å²) >= 11 is 17.7. The van der Waals surface area contributed by atoms with E-state index in [1.165, 1.54) is 18.2 Å². The van der Waals surface area contributed by atoms with E-state index in [0.29, 0.717) is 5.02 Å². The average molecular weight is 432 g/mol. The van der Waals surface area contributed by atoms with Crippen LogP contribution >= 0.6 is 34.8 Å². The second kappa shape index (κ2) is 9.16. The van der Waals surface area contributed by atoms with Crippen LogP contribution in [-0.4, -0.2) is 19.4 Å². The molecule has 0 aromatic heterocycles. The Morgan fingerprint density at radius 1 is 0.923 bits per heavy atom. The zero-order valence-corrected chi connectivity index (χ0v) is 14.8. The average Bonchev–Trinajstić information content (AvgIpc) is 2.50. The zero-order valence-electron chi connectivity index (χ0n) is 12.5. The molecule has 1 N–H and O–H groups in total. The third-order valence-corrected chi connectivity index (χ3v) is 3.63. The smallest absolute Gasteiger partial charge is 0.387 e. The van der Waals surface area contributed by atoms with Gasteiger partial charge in [0.15, 0.2) is 0 Å². The third kappa shape index (κ3) is 5.82. The number of halogens is 7. The van der Waals surface area contributed by atoms with Crippen molar-refractivity contribution in [3.05, 3.63) is 51.0 Å². The second-order valence-corrected chi connectivity index (χ2v) is 5.82. The van der Waals surface area contributed by atoms with E-state index in [2.05, 4.69) is 20.0 Å². The molecule has 4 nitrogen and oxygen atoms in total. The Bertz CT molecular complexity index is 783. The summed E-state index contributed by atoms with van der Waals surface area (Å²) in [6.45, 7) is -6.28. The molecule has 11 heteroatoms. The normalized spacial score (nSPS) is 11.4. The predicted octanol–water partition coefficient (Wildman–Crippen LogP) is 6.30. The topological polar surface area (TPSA) is 42.8 Å². The molecule has 0 aliphatic carbocycles. The van der Waals surface area contributed by atoms with Crippen LogP contribution in [0.1, 0.15) is 5.56 Å². The van der Waals surface area contributed by atoms with Gasteiger partial charge < -0.3 is 9.47 Å². The molecule has 2 rings (SSSR count). The molecule has 2 aromatic carbocycles. The van der Waals surface area contributed by atoms with Crippen molar-refractivity contribution in [2.24, 2.45) is 5.10 Å². The van der Waals surface area contributed by atoms with Crippen LogP contribution in [-0.2, 0) is 0 Å². The molecule has 0 heterocycles. The van der Waals surface area contributed by atoms with Gasteiger partial charge in [0.25, 0.3) is 0 Å². The van der Waals surface area contributed by atoms with E-state index < -0.39 is 19.0 Å². The minimum absolute atomic E-state index is 0.0700. The molecule has 0 aliphatic rings. The lowest BCUT2D eigenvalue weighted by molar-refractivity contribution is -0.0543. The Hall–Kier alpha value is -1.90. The molecule has 0 aliphatic heterocycles. The van der Waals surface area contributed by atoms with E-state index in [4.69, 9.17) is 34.8 Å². The number of rotatable bonds is 7. The van der Waals surface area contributed by atoms with Crippen LogP contribution in [0.2, 0.25) is 15.1 Å². The molecular weight excluding hydrogens is 423 g/mol. The molecule has 0 bridgehead atoms. The van der Waals surface area contributed by atoms with Crippen molar-refractivity contribution in [2.75, 3.05) is 5.43 Å². The van der Waals surface area contributed by atoms with Crippen LogP contribution in [0.15, 0.2) is 35.4 Å². The lowest BCUT2D eigenvalue weighted by atomic mass is 10.2. The monoisotopic (exact) mass is 430 g/mol. The number of alkyl halides is 4. The summed E-state index contributed by atoms with van der Waals surface area (Å²) in [6, 6.07) is 6.10. The van der Waals surface area contributed by atoms with Crippen LogP contribution in [0.4, 0.5) is 23.2 Å². The Balaban J connectivity index is 2.23. The number of hydrazone groups is 1. The maximum Gasteiger partial charge on any atom is 0.387 e. The van der Waals surface area contributed by atoms with E-state index in [-0.39, 0.29) is 27.0 Å². The van der Waals surface area contributed by atoms with E-state index in [1.54, 1.807) is 0 Å². The summed E-state index contributed by atoms with van der Waals surface area (Å²) in [5.74, 6) is -0.749. The van der Waals surface area contributed by atoms with Gasteiger partial charge in [-0.15, -0.1) is 0 Å². The summed E-state index contributed by atoms with van der Waals surface area (Å²) in [5.41, 5.74) is 2.85. The fraction of sp³-hybridized carbons (Fsp3) is 0.133. The molecule has 0 radical (unpaired) electrons. The molecule has 0 amide bonds. The fourth-order valence-electron chi connectivity index (χ4n) is 1.81. The first-order valence-corrected chi connectivity index (χ1v) is 7.87. The summed E-state index contributed by atoms with van der Waals surface area (Å²) < 4.78 is 57.9. The molecule has 0 saturated carbocycles. The third-order valence-electron chi connectivity index (χ3n) is 2.81. The summed E-state index contributed by atoms with van der Waals surface area (Å²) in [6.07, 6.45) is 1.12. The van der Waals surface area contributed by atoms with Gasteiger partial charge >= 0.3 is 13.2 Å². The minimum Gasteiger partial charge on any atom is -0.435 e. The van der Waals surface area contributed by atoms with Gasteiger partial charge in [-0.2, -0.15) is 22.7 Å². The standard InChI is InChI=1S/C15H9Cl3F4N2O2/c16-8-3-10(17)13(11(18)4-8)24-23-6-7-1-2-9(25-14(19)20)5-12(7)26-15(21)22/h1-6,14-15,24H/b23-6-. The molecule has 0 spiro atoms. The lowest BCUT2D eigenvalue weighted by Crippen LogP contribution is -2.07. The van der Waals surface area contributed by atoms with E-state index in [9.17, 15) is 17.6 Å². The Morgan fingerprint density at radius 3 is 2.12 bits per heavy atom. The van der Waals surface area contributed by atoms with Gasteiger partial charge in [-0.05, 0) is 24.3 Å². The molecular formula is C15H9Cl3F4N2O2. The van der Waals surface area contributed by atoms with E-state index in [0.717, 1.165) is 18.3 Å². The van der Waals surface area contributed by atoms with Gasteiger partial charge in [0, 0.05) is 16.7 Å². The summed E-state index contributed by atoms with van der Waals surface area (Å²) in [4.78, 5) is 0. The Labute approximate surface area is 160 Å². The van der Waals surface area contributed by atoms with Crippen LogP contribution in [0.3, 0.4) is 0 Å². The van der Waals surface area contributed by atoms with Crippen molar-refractivity contribution in [1.82, 2.24) is 0 Å². The largest absolute Gasteiger partial charge is 0.435 e. The first-order chi connectivity index (χ1) is 12.3. The predicted molar refractivity (Wildman–Crippen MR) is 92.4 cm³/mol. The highest BCUT2D eigenvalue weighted by Gasteiger charge is 2.13. The van der Waals surface area contributed by atoms with Crippen molar-refractivity contribution in [3.8, 4) is 11.5 Å². The first-order valence-electron chi connectivity index (χ1n) is 6.73. The van der Waals surface area contributed by atoms with Gasteiger partial charge in [0.05, 0.1) is 21.9 Å². The maximum absolute atomic E-state index is 12.5. The van der Waals surface area contributed by atoms with Crippen molar-refractivity contribution >= 4 is 46.7 Å². The van der Waals surface area contributed by atoms with Crippen LogP contribution < -0.4 is 14.9 Å².